The summed E-state index contributed by atoms with van der Waals surface area (Å²) in [6, 6.07) is 2.76. The Morgan fingerprint density at radius 2 is 2.06 bits per heavy atom. The summed E-state index contributed by atoms with van der Waals surface area (Å²) in [5.41, 5.74) is 0. The normalized spacial score (nSPS) is 9.00. The summed E-state index contributed by atoms with van der Waals surface area (Å²) < 4.78 is 4.40. The van der Waals surface area contributed by atoms with E-state index in [0.29, 0.717) is 0 Å². The minimum Gasteiger partial charge on any atom is -0.409 e. The van der Waals surface area contributed by atoms with Gasteiger partial charge in [-0.25, -0.2) is 4.98 Å². The molecule has 0 aliphatic rings. The SMILES string of the molecule is O=[N+]([O-])c1ccco1.O=[N+]([O-])c1ncc[nH]1. The van der Waals surface area contributed by atoms with Crippen LogP contribution in [0.15, 0.2) is 35.2 Å². The average molecular weight is 226 g/mol. The van der Waals surface area contributed by atoms with Crippen LogP contribution >= 0.6 is 0 Å². The highest BCUT2D eigenvalue weighted by atomic mass is 16.6. The van der Waals surface area contributed by atoms with E-state index in [1.54, 1.807) is 0 Å². The largest absolute Gasteiger partial charge is 0.432 e. The third-order valence-electron chi connectivity index (χ3n) is 1.34. The van der Waals surface area contributed by atoms with E-state index in [-0.39, 0.29) is 11.8 Å². The van der Waals surface area contributed by atoms with Gasteiger partial charge in [0.1, 0.15) is 11.1 Å². The fourth-order valence-electron chi connectivity index (χ4n) is 0.731. The Kier molecular flexibility index (Phi) is 3.72. The van der Waals surface area contributed by atoms with Crippen molar-refractivity contribution in [2.75, 3.05) is 0 Å². The molecule has 9 heteroatoms. The monoisotopic (exact) mass is 226 g/mol. The molecule has 84 valence electrons. The van der Waals surface area contributed by atoms with Crippen molar-refractivity contribution in [1.29, 1.82) is 0 Å². The quantitative estimate of drug-likeness (QED) is 0.610. The molecule has 1 N–H and O–H groups in total. The van der Waals surface area contributed by atoms with E-state index in [2.05, 4.69) is 14.4 Å². The number of aromatic nitrogens is 2. The number of nitrogens with one attached hydrogen (secondary N) is 1. The number of aromatic amines is 1. The lowest BCUT2D eigenvalue weighted by atomic mass is 10.6. The van der Waals surface area contributed by atoms with E-state index in [0.717, 1.165) is 0 Å². The van der Waals surface area contributed by atoms with Crippen molar-refractivity contribution in [2.45, 2.75) is 0 Å². The molecular weight excluding hydrogens is 220 g/mol. The van der Waals surface area contributed by atoms with Gasteiger partial charge < -0.3 is 14.5 Å². The second-order valence-electron chi connectivity index (χ2n) is 2.38. The number of H-pyrrole nitrogens is 1. The van der Waals surface area contributed by atoms with Crippen molar-refractivity contribution in [1.82, 2.24) is 9.97 Å². The van der Waals surface area contributed by atoms with Crippen molar-refractivity contribution in [2.24, 2.45) is 0 Å². The van der Waals surface area contributed by atoms with Crippen molar-refractivity contribution < 1.29 is 14.3 Å². The van der Waals surface area contributed by atoms with Crippen LogP contribution in [0, 0.1) is 20.2 Å². The molecule has 0 radical (unpaired) electrons. The molecule has 2 aromatic heterocycles. The minimum absolute atomic E-state index is 0.218. The maximum absolute atomic E-state index is 9.77. The highest BCUT2D eigenvalue weighted by Crippen LogP contribution is 2.08. The summed E-state index contributed by atoms with van der Waals surface area (Å²) in [6.07, 6.45) is 3.99. The lowest BCUT2D eigenvalue weighted by Gasteiger charge is -1.83. The molecule has 0 unspecified atom stereocenters. The van der Waals surface area contributed by atoms with Crippen molar-refractivity contribution in [3.05, 3.63) is 51.0 Å². The summed E-state index contributed by atoms with van der Waals surface area (Å²) in [5, 5.41) is 19.5. The van der Waals surface area contributed by atoms with E-state index in [4.69, 9.17) is 0 Å². The molecule has 0 aliphatic carbocycles. The first-order valence-electron chi connectivity index (χ1n) is 3.93. The van der Waals surface area contributed by atoms with Gasteiger partial charge in [0, 0.05) is 0 Å². The Balaban J connectivity index is 0.000000160. The second kappa shape index (κ2) is 5.24. The van der Waals surface area contributed by atoms with Gasteiger partial charge in [-0.1, -0.05) is 4.98 Å². The first-order valence-corrected chi connectivity index (χ1v) is 3.93. The molecule has 0 bridgehead atoms. The zero-order valence-corrected chi connectivity index (χ0v) is 7.77. The zero-order valence-electron chi connectivity index (χ0n) is 7.77. The molecule has 0 saturated carbocycles. The maximum atomic E-state index is 9.77. The van der Waals surface area contributed by atoms with Crippen LogP contribution in [0.2, 0.25) is 0 Å². The molecule has 9 nitrogen and oxygen atoms in total. The van der Waals surface area contributed by atoms with Gasteiger partial charge >= 0.3 is 11.8 Å². The lowest BCUT2D eigenvalue weighted by Crippen LogP contribution is -1.88. The molecule has 0 spiro atoms. The topological polar surface area (TPSA) is 128 Å². The Morgan fingerprint density at radius 3 is 2.31 bits per heavy atom. The summed E-state index contributed by atoms with van der Waals surface area (Å²) in [6.45, 7) is 0. The lowest BCUT2D eigenvalue weighted by molar-refractivity contribution is -0.402. The number of hydrogen-bond donors (Lipinski definition) is 1. The minimum atomic E-state index is -0.583. The molecule has 2 heterocycles. The number of nitrogens with zero attached hydrogens (tertiary/aromatic N) is 3. The Morgan fingerprint density at radius 1 is 1.31 bits per heavy atom. The molecule has 2 rings (SSSR count). The predicted octanol–water partition coefficient (Wildman–Crippen LogP) is 1.51. The fourth-order valence-corrected chi connectivity index (χ4v) is 0.731. The maximum Gasteiger partial charge on any atom is 0.432 e. The number of rotatable bonds is 2. The number of imidazole rings is 1. The van der Waals surface area contributed by atoms with E-state index >= 15 is 0 Å². The van der Waals surface area contributed by atoms with E-state index < -0.39 is 9.85 Å². The fraction of sp³-hybridized carbons (Fsp3) is 0. The second-order valence-corrected chi connectivity index (χ2v) is 2.38. The van der Waals surface area contributed by atoms with Crippen molar-refractivity contribution in [3.8, 4) is 0 Å². The van der Waals surface area contributed by atoms with Crippen LogP contribution in [0.5, 0.6) is 0 Å². The number of hydrogen-bond acceptors (Lipinski definition) is 6. The van der Waals surface area contributed by atoms with Gasteiger partial charge in [-0.15, -0.1) is 0 Å². The number of furan rings is 1. The van der Waals surface area contributed by atoms with Gasteiger partial charge in [-0.2, -0.15) is 0 Å². The standard InChI is InChI=1S/C4H3NO3.C3H3N3O2/c6-5(7)4-2-1-3-8-4;7-6(8)3-4-1-2-5-3/h1-3H;1-2H,(H,4,5). The highest BCUT2D eigenvalue weighted by molar-refractivity contribution is 5.11. The van der Waals surface area contributed by atoms with Gasteiger partial charge in [0.2, 0.25) is 0 Å². The van der Waals surface area contributed by atoms with Crippen LogP contribution in [0.1, 0.15) is 0 Å². The average Bonchev–Trinajstić information content (AvgIpc) is 2.93. The van der Waals surface area contributed by atoms with Crippen molar-refractivity contribution in [3.63, 3.8) is 0 Å². The summed E-state index contributed by atoms with van der Waals surface area (Å²) in [5.74, 6) is -0.435. The number of nitro groups is 2. The predicted molar refractivity (Wildman–Crippen MR) is 50.6 cm³/mol. The van der Waals surface area contributed by atoms with Gasteiger partial charge in [0.25, 0.3) is 0 Å². The summed E-state index contributed by atoms with van der Waals surface area (Å²) >= 11 is 0. The van der Waals surface area contributed by atoms with Crippen LogP contribution in [0.25, 0.3) is 0 Å². The smallest absolute Gasteiger partial charge is 0.409 e. The molecule has 0 aliphatic heterocycles. The third kappa shape index (κ3) is 3.21. The summed E-state index contributed by atoms with van der Waals surface area (Å²) in [7, 11) is 0. The molecule has 2 aromatic rings. The molecule has 0 atom stereocenters. The van der Waals surface area contributed by atoms with Gasteiger partial charge in [0.05, 0.1) is 18.5 Å². The highest BCUT2D eigenvalue weighted by Gasteiger charge is 2.04. The first-order chi connectivity index (χ1) is 7.61. The molecule has 16 heavy (non-hydrogen) atoms. The molecule has 0 amide bonds. The van der Waals surface area contributed by atoms with E-state index in [1.807, 2.05) is 0 Å². The third-order valence-corrected chi connectivity index (χ3v) is 1.34. The molecular formula is C7H6N4O5. The Bertz CT molecular complexity index is 405. The Labute approximate surface area is 88.0 Å². The molecule has 0 fully saturated rings. The van der Waals surface area contributed by atoms with Gasteiger partial charge in [0.15, 0.2) is 0 Å². The van der Waals surface area contributed by atoms with Crippen LogP contribution in [0.4, 0.5) is 11.8 Å². The van der Waals surface area contributed by atoms with Crippen LogP contribution < -0.4 is 0 Å². The van der Waals surface area contributed by atoms with Crippen molar-refractivity contribution >= 4 is 11.8 Å². The Hall–Kier alpha value is -2.71. The van der Waals surface area contributed by atoms with E-state index in [1.165, 1.54) is 30.8 Å². The summed E-state index contributed by atoms with van der Waals surface area (Å²) in [4.78, 5) is 24.1. The van der Waals surface area contributed by atoms with Gasteiger partial charge in [-0.3, -0.25) is 10.1 Å². The van der Waals surface area contributed by atoms with E-state index in [9.17, 15) is 20.2 Å². The van der Waals surface area contributed by atoms with Crippen LogP contribution in [-0.4, -0.2) is 19.8 Å². The zero-order chi connectivity index (χ0) is 12.0. The van der Waals surface area contributed by atoms with Crippen LogP contribution in [0.3, 0.4) is 0 Å². The molecule has 0 aromatic carbocycles. The first kappa shape index (κ1) is 11.4. The molecule has 0 saturated heterocycles. The van der Waals surface area contributed by atoms with Gasteiger partial charge in [-0.05, 0) is 11.0 Å². The van der Waals surface area contributed by atoms with Crippen LogP contribution in [-0.2, 0) is 0 Å².